The highest BCUT2D eigenvalue weighted by Gasteiger charge is 2.09. The molecule has 88 valence electrons. The van der Waals surface area contributed by atoms with Gasteiger partial charge in [-0.25, -0.2) is 4.39 Å². The second-order valence-corrected chi connectivity index (χ2v) is 3.63. The maximum atomic E-state index is 12.9. The molecule has 1 heterocycles. The Bertz CT molecular complexity index is 564. The van der Waals surface area contributed by atoms with Gasteiger partial charge in [0.15, 0.2) is 5.82 Å². The zero-order valence-corrected chi connectivity index (χ0v) is 9.12. The number of benzene rings is 1. The average Bonchev–Trinajstić information content (AvgIpc) is 2.68. The van der Waals surface area contributed by atoms with E-state index in [1.807, 2.05) is 6.92 Å². The molecule has 0 aliphatic rings. The minimum Gasteiger partial charge on any atom is -0.396 e. The molecule has 1 aromatic heterocycles. The molecule has 0 aliphatic carbocycles. The SMILES string of the molecule is Cc1cc(NC(=O)c2ccc(F)c(N)c2)n[nH]1. The molecule has 5 nitrogen and oxygen atoms in total. The summed E-state index contributed by atoms with van der Waals surface area (Å²) in [7, 11) is 0. The number of nitrogens with zero attached hydrogens (tertiary/aromatic N) is 1. The highest BCUT2D eigenvalue weighted by atomic mass is 19.1. The molecule has 0 aliphatic heterocycles. The third kappa shape index (κ3) is 2.41. The van der Waals surface area contributed by atoms with Crippen molar-refractivity contribution in [1.82, 2.24) is 10.2 Å². The number of aromatic amines is 1. The zero-order chi connectivity index (χ0) is 12.4. The van der Waals surface area contributed by atoms with Gasteiger partial charge in [-0.15, -0.1) is 0 Å². The molecule has 0 saturated carbocycles. The van der Waals surface area contributed by atoms with Crippen molar-refractivity contribution >= 4 is 17.4 Å². The van der Waals surface area contributed by atoms with Crippen LogP contribution in [0.2, 0.25) is 0 Å². The summed E-state index contributed by atoms with van der Waals surface area (Å²) < 4.78 is 12.9. The molecular weight excluding hydrogens is 223 g/mol. The number of nitrogen functional groups attached to an aromatic ring is 1. The first-order valence-corrected chi connectivity index (χ1v) is 4.94. The lowest BCUT2D eigenvalue weighted by Crippen LogP contribution is -2.12. The van der Waals surface area contributed by atoms with Crippen LogP contribution in [0.4, 0.5) is 15.9 Å². The predicted molar refractivity (Wildman–Crippen MR) is 62.1 cm³/mol. The first-order valence-electron chi connectivity index (χ1n) is 4.94. The molecule has 2 aromatic rings. The van der Waals surface area contributed by atoms with Crippen LogP contribution < -0.4 is 11.1 Å². The largest absolute Gasteiger partial charge is 0.396 e. The monoisotopic (exact) mass is 234 g/mol. The van der Waals surface area contributed by atoms with Crippen LogP contribution in [-0.2, 0) is 0 Å². The summed E-state index contributed by atoms with van der Waals surface area (Å²) in [5, 5.41) is 9.12. The van der Waals surface area contributed by atoms with Crippen molar-refractivity contribution < 1.29 is 9.18 Å². The van der Waals surface area contributed by atoms with Crippen LogP contribution in [-0.4, -0.2) is 16.1 Å². The number of carbonyl (C=O) groups is 1. The van der Waals surface area contributed by atoms with Gasteiger partial charge in [0.2, 0.25) is 0 Å². The van der Waals surface area contributed by atoms with E-state index in [9.17, 15) is 9.18 Å². The smallest absolute Gasteiger partial charge is 0.256 e. The zero-order valence-electron chi connectivity index (χ0n) is 9.12. The van der Waals surface area contributed by atoms with E-state index in [-0.39, 0.29) is 17.2 Å². The molecule has 1 amide bonds. The second kappa shape index (κ2) is 4.25. The van der Waals surface area contributed by atoms with Crippen molar-refractivity contribution in [2.45, 2.75) is 6.92 Å². The molecular formula is C11H11FN4O. The third-order valence-corrected chi connectivity index (χ3v) is 2.21. The van der Waals surface area contributed by atoms with Gasteiger partial charge in [-0.3, -0.25) is 9.89 Å². The van der Waals surface area contributed by atoms with Gasteiger partial charge in [-0.05, 0) is 25.1 Å². The Morgan fingerprint density at radius 3 is 2.82 bits per heavy atom. The lowest BCUT2D eigenvalue weighted by Gasteiger charge is -2.03. The van der Waals surface area contributed by atoms with Crippen molar-refractivity contribution in [2.75, 3.05) is 11.1 Å². The van der Waals surface area contributed by atoms with E-state index in [1.165, 1.54) is 12.1 Å². The number of aryl methyl sites for hydroxylation is 1. The fraction of sp³-hybridized carbons (Fsp3) is 0.0909. The summed E-state index contributed by atoms with van der Waals surface area (Å²) in [5.74, 6) is -0.518. The molecule has 0 atom stereocenters. The molecule has 17 heavy (non-hydrogen) atoms. The van der Waals surface area contributed by atoms with E-state index in [0.29, 0.717) is 5.82 Å². The quantitative estimate of drug-likeness (QED) is 0.691. The number of aromatic nitrogens is 2. The molecule has 0 spiro atoms. The molecule has 0 bridgehead atoms. The van der Waals surface area contributed by atoms with Gasteiger partial charge in [-0.2, -0.15) is 5.10 Å². The van der Waals surface area contributed by atoms with Crippen LogP contribution in [0.1, 0.15) is 16.1 Å². The number of nitrogens with two attached hydrogens (primary N) is 1. The second-order valence-electron chi connectivity index (χ2n) is 3.63. The van der Waals surface area contributed by atoms with Crippen molar-refractivity contribution in [1.29, 1.82) is 0 Å². The van der Waals surface area contributed by atoms with E-state index >= 15 is 0 Å². The Morgan fingerprint density at radius 1 is 1.47 bits per heavy atom. The van der Waals surface area contributed by atoms with Crippen LogP contribution >= 0.6 is 0 Å². The number of rotatable bonds is 2. The summed E-state index contributed by atoms with van der Waals surface area (Å²) >= 11 is 0. The maximum Gasteiger partial charge on any atom is 0.256 e. The molecule has 2 rings (SSSR count). The first-order chi connectivity index (χ1) is 8.06. The number of H-pyrrole nitrogens is 1. The highest BCUT2D eigenvalue weighted by Crippen LogP contribution is 2.14. The number of nitrogens with one attached hydrogen (secondary N) is 2. The topological polar surface area (TPSA) is 83.8 Å². The Hall–Kier alpha value is -2.37. The number of amides is 1. The van der Waals surface area contributed by atoms with Crippen LogP contribution in [0, 0.1) is 12.7 Å². The molecule has 0 radical (unpaired) electrons. The minimum atomic E-state index is -0.544. The van der Waals surface area contributed by atoms with Gasteiger partial charge in [0.05, 0.1) is 5.69 Å². The fourth-order valence-electron chi connectivity index (χ4n) is 1.36. The van der Waals surface area contributed by atoms with Crippen molar-refractivity contribution in [2.24, 2.45) is 0 Å². The van der Waals surface area contributed by atoms with Gasteiger partial charge in [0.25, 0.3) is 5.91 Å². The maximum absolute atomic E-state index is 12.9. The molecule has 4 N–H and O–H groups in total. The minimum absolute atomic E-state index is 0.0594. The van der Waals surface area contributed by atoms with Crippen LogP contribution in [0.5, 0.6) is 0 Å². The van der Waals surface area contributed by atoms with Gasteiger partial charge in [0, 0.05) is 17.3 Å². The Kier molecular flexibility index (Phi) is 2.78. The summed E-state index contributed by atoms with van der Waals surface area (Å²) in [4.78, 5) is 11.7. The summed E-state index contributed by atoms with van der Waals surface area (Å²) in [6, 6.07) is 5.48. The van der Waals surface area contributed by atoms with Crippen molar-refractivity contribution in [3.63, 3.8) is 0 Å². The summed E-state index contributed by atoms with van der Waals surface area (Å²) in [6.45, 7) is 1.82. The lowest BCUT2D eigenvalue weighted by atomic mass is 10.2. The molecule has 0 fully saturated rings. The number of halogens is 1. The molecule has 6 heteroatoms. The standard InChI is InChI=1S/C11H11FN4O/c1-6-4-10(16-15-6)14-11(17)7-2-3-8(12)9(13)5-7/h2-5H,13H2,1H3,(H2,14,15,16,17). The number of anilines is 2. The van der Waals surface area contributed by atoms with Gasteiger partial charge >= 0.3 is 0 Å². The summed E-state index contributed by atoms with van der Waals surface area (Å²) in [6.07, 6.45) is 0. The average molecular weight is 234 g/mol. The lowest BCUT2D eigenvalue weighted by molar-refractivity contribution is 0.102. The Morgan fingerprint density at radius 2 is 2.24 bits per heavy atom. The van der Waals surface area contributed by atoms with Gasteiger partial charge in [0.1, 0.15) is 5.82 Å². The molecule has 1 aromatic carbocycles. The number of carbonyl (C=O) groups excluding carboxylic acids is 1. The predicted octanol–water partition coefficient (Wildman–Crippen LogP) is 1.69. The summed E-state index contributed by atoms with van der Waals surface area (Å²) in [5.41, 5.74) is 6.43. The normalized spacial score (nSPS) is 10.2. The van der Waals surface area contributed by atoms with Crippen LogP contribution in [0.15, 0.2) is 24.3 Å². The van der Waals surface area contributed by atoms with E-state index < -0.39 is 5.82 Å². The molecule has 0 saturated heterocycles. The highest BCUT2D eigenvalue weighted by molar-refractivity contribution is 6.04. The number of hydrogen-bond donors (Lipinski definition) is 3. The van der Waals surface area contributed by atoms with Crippen LogP contribution in [0.3, 0.4) is 0 Å². The van der Waals surface area contributed by atoms with Crippen molar-refractivity contribution in [3.05, 3.63) is 41.3 Å². The van der Waals surface area contributed by atoms with Crippen LogP contribution in [0.25, 0.3) is 0 Å². The molecule has 0 unspecified atom stereocenters. The first kappa shape index (κ1) is 11.1. The van der Waals surface area contributed by atoms with E-state index in [0.717, 1.165) is 11.8 Å². The number of hydrogen-bond acceptors (Lipinski definition) is 3. The van der Waals surface area contributed by atoms with E-state index in [4.69, 9.17) is 5.73 Å². The Labute approximate surface area is 96.8 Å². The third-order valence-electron chi connectivity index (χ3n) is 2.21. The van der Waals surface area contributed by atoms with Gasteiger partial charge < -0.3 is 11.1 Å². The Balaban J connectivity index is 2.17. The van der Waals surface area contributed by atoms with E-state index in [1.54, 1.807) is 6.07 Å². The fourth-order valence-corrected chi connectivity index (χ4v) is 1.36. The van der Waals surface area contributed by atoms with Crippen molar-refractivity contribution in [3.8, 4) is 0 Å². The van der Waals surface area contributed by atoms with E-state index in [2.05, 4.69) is 15.5 Å². The van der Waals surface area contributed by atoms with Gasteiger partial charge in [-0.1, -0.05) is 0 Å².